The molecule has 0 radical (unpaired) electrons. The molecule has 0 spiro atoms. The number of thiophene rings is 1. The molecule has 0 aliphatic carbocycles. The Morgan fingerprint density at radius 1 is 0.739 bits per heavy atom. The van der Waals surface area contributed by atoms with Gasteiger partial charge in [0.1, 0.15) is 6.04 Å². The van der Waals surface area contributed by atoms with Crippen molar-refractivity contribution in [2.75, 3.05) is 7.05 Å². The lowest BCUT2D eigenvalue weighted by Gasteiger charge is -2.19. The molecule has 2 N–H and O–H groups in total. The number of aldehydes is 1. The number of aromatic nitrogens is 2. The minimum atomic E-state index is -0.859. The molecule has 6 nitrogen and oxygen atoms in total. The van der Waals surface area contributed by atoms with Crippen molar-refractivity contribution >= 4 is 23.6 Å². The van der Waals surface area contributed by atoms with Gasteiger partial charge in [-0.15, -0.1) is 11.3 Å². The summed E-state index contributed by atoms with van der Waals surface area (Å²) in [7, 11) is 1.65. The summed E-state index contributed by atoms with van der Waals surface area (Å²) in [6, 6.07) is 28.2. The molecule has 0 aliphatic heterocycles. The highest BCUT2D eigenvalue weighted by Gasteiger charge is 2.17. The van der Waals surface area contributed by atoms with E-state index in [4.69, 9.17) is 0 Å². The lowest BCUT2D eigenvalue weighted by atomic mass is 9.86. The molecule has 2 heterocycles. The summed E-state index contributed by atoms with van der Waals surface area (Å²) in [6.07, 6.45) is 5.00. The normalized spacial score (nSPS) is 12.2. The molecule has 238 valence electrons. The smallest absolute Gasteiger partial charge is 0.321 e. The summed E-state index contributed by atoms with van der Waals surface area (Å²) in [5.41, 5.74) is 7.88. The van der Waals surface area contributed by atoms with Crippen molar-refractivity contribution in [1.82, 2.24) is 15.3 Å². The first-order valence-corrected chi connectivity index (χ1v) is 16.2. The Kier molecular flexibility index (Phi) is 11.0. The number of carbonyl (C=O) groups is 2. The third-order valence-corrected chi connectivity index (χ3v) is 9.17. The predicted octanol–water partition coefficient (Wildman–Crippen LogP) is 8.85. The topological polar surface area (TPSA) is 92.2 Å². The minimum Gasteiger partial charge on any atom is -0.480 e. The third-order valence-electron chi connectivity index (χ3n) is 7.73. The van der Waals surface area contributed by atoms with E-state index in [0.717, 1.165) is 33.4 Å². The number of nitrogens with one attached hydrogen (secondary N) is 1. The van der Waals surface area contributed by atoms with Crippen molar-refractivity contribution < 1.29 is 14.7 Å². The molecule has 1 atom stereocenters. The summed E-state index contributed by atoms with van der Waals surface area (Å²) >= 11 is 1.57. The van der Waals surface area contributed by atoms with Gasteiger partial charge in [-0.3, -0.25) is 9.59 Å². The Balaban J connectivity index is 0.000000369. The van der Waals surface area contributed by atoms with Crippen molar-refractivity contribution in [3.63, 3.8) is 0 Å². The van der Waals surface area contributed by atoms with Crippen LogP contribution in [0.25, 0.3) is 33.6 Å². The van der Waals surface area contributed by atoms with Gasteiger partial charge in [-0.25, -0.2) is 9.97 Å². The quantitative estimate of drug-likeness (QED) is 0.166. The molecule has 5 aromatic rings. The zero-order valence-electron chi connectivity index (χ0n) is 27.7. The van der Waals surface area contributed by atoms with Gasteiger partial charge >= 0.3 is 5.97 Å². The van der Waals surface area contributed by atoms with Crippen molar-refractivity contribution in [3.8, 4) is 33.6 Å². The molecule has 7 heteroatoms. The molecule has 0 saturated heterocycles. The van der Waals surface area contributed by atoms with Gasteiger partial charge in [0, 0.05) is 28.4 Å². The summed E-state index contributed by atoms with van der Waals surface area (Å²) in [6.45, 7) is 13.1. The standard InChI is InChI=1S/C30H31N3O2.C9H12OS/c1-30(2,3)26-15-13-22(14-16-26)21-9-11-23(12-10-21)25-18-32-28(33-19-25)24-7-5-20(6-8-24)17-27(31-4)29(34)35;1-9(2,3)8-5-4-7(6-10)11-8/h5-16,18-19,27,31H,17H2,1-4H3,(H,34,35);4-6H,1-3H3. The van der Waals surface area contributed by atoms with Crippen LogP contribution < -0.4 is 5.32 Å². The van der Waals surface area contributed by atoms with E-state index < -0.39 is 12.0 Å². The van der Waals surface area contributed by atoms with E-state index in [9.17, 15) is 14.7 Å². The molecule has 0 saturated carbocycles. The first-order valence-electron chi connectivity index (χ1n) is 15.4. The third kappa shape index (κ3) is 9.05. The zero-order valence-corrected chi connectivity index (χ0v) is 28.5. The Hall–Kier alpha value is -4.46. The van der Waals surface area contributed by atoms with Crippen molar-refractivity contribution in [2.24, 2.45) is 0 Å². The van der Waals surface area contributed by atoms with Crippen LogP contribution in [0, 0.1) is 0 Å². The SMILES string of the molecule is CC(C)(C)c1ccc(C=O)s1.CNC(Cc1ccc(-c2ncc(-c3ccc(-c4ccc(C(C)(C)C)cc4)cc3)cn2)cc1)C(=O)O. The summed E-state index contributed by atoms with van der Waals surface area (Å²) in [5.74, 6) is -0.221. The van der Waals surface area contributed by atoms with E-state index in [0.29, 0.717) is 12.2 Å². The van der Waals surface area contributed by atoms with Crippen LogP contribution in [0.4, 0.5) is 0 Å². The van der Waals surface area contributed by atoms with Gasteiger partial charge in [-0.1, -0.05) is 114 Å². The van der Waals surface area contributed by atoms with Crippen molar-refractivity contribution in [2.45, 2.75) is 64.8 Å². The number of benzene rings is 3. The number of likely N-dealkylation sites (N-methyl/N-ethyl adjacent to an activating group) is 1. The van der Waals surface area contributed by atoms with E-state index in [1.807, 2.05) is 48.8 Å². The van der Waals surface area contributed by atoms with E-state index in [2.05, 4.69) is 105 Å². The Morgan fingerprint density at radius 2 is 1.24 bits per heavy atom. The average molecular weight is 634 g/mol. The van der Waals surface area contributed by atoms with Gasteiger partial charge in [0.05, 0.1) is 4.88 Å². The van der Waals surface area contributed by atoms with Gasteiger partial charge in [0.15, 0.2) is 12.1 Å². The first kappa shape index (κ1) is 34.4. The minimum absolute atomic E-state index is 0.145. The number of hydrogen-bond donors (Lipinski definition) is 2. The number of hydrogen-bond acceptors (Lipinski definition) is 6. The highest BCUT2D eigenvalue weighted by molar-refractivity contribution is 7.13. The molecular formula is C39H43N3O3S. The van der Waals surface area contributed by atoms with Crippen LogP contribution in [-0.4, -0.2) is 40.4 Å². The fourth-order valence-corrected chi connectivity index (χ4v) is 5.68. The molecule has 46 heavy (non-hydrogen) atoms. The van der Waals surface area contributed by atoms with E-state index in [1.165, 1.54) is 21.6 Å². The molecule has 0 aliphatic rings. The van der Waals surface area contributed by atoms with Gasteiger partial charge in [0.2, 0.25) is 0 Å². The van der Waals surface area contributed by atoms with Gasteiger partial charge in [-0.2, -0.15) is 0 Å². The second-order valence-corrected chi connectivity index (χ2v) is 14.5. The van der Waals surface area contributed by atoms with Crippen LogP contribution in [0.15, 0.2) is 97.3 Å². The van der Waals surface area contributed by atoms with Gasteiger partial charge in [-0.05, 0) is 64.2 Å². The second-order valence-electron chi connectivity index (χ2n) is 13.4. The van der Waals surface area contributed by atoms with Gasteiger partial charge < -0.3 is 10.4 Å². The molecule has 0 amide bonds. The maximum atomic E-state index is 11.2. The molecule has 2 aromatic heterocycles. The van der Waals surface area contributed by atoms with Crippen LogP contribution in [0.2, 0.25) is 0 Å². The molecule has 0 fully saturated rings. The molecule has 5 rings (SSSR count). The summed E-state index contributed by atoms with van der Waals surface area (Å²) in [4.78, 5) is 32.8. The number of nitrogens with zero attached hydrogens (tertiary/aromatic N) is 2. The predicted molar refractivity (Wildman–Crippen MR) is 190 cm³/mol. The highest BCUT2D eigenvalue weighted by Crippen LogP contribution is 2.29. The number of aliphatic carboxylic acids is 1. The molecule has 1 unspecified atom stereocenters. The summed E-state index contributed by atoms with van der Waals surface area (Å²) < 4.78 is 0. The van der Waals surface area contributed by atoms with Crippen LogP contribution in [-0.2, 0) is 22.0 Å². The summed E-state index contributed by atoms with van der Waals surface area (Å²) in [5, 5.41) is 12.0. The van der Waals surface area contributed by atoms with Crippen LogP contribution >= 0.6 is 11.3 Å². The average Bonchev–Trinajstić information content (AvgIpc) is 3.55. The van der Waals surface area contributed by atoms with Crippen molar-refractivity contribution in [1.29, 1.82) is 0 Å². The Bertz CT molecular complexity index is 1730. The van der Waals surface area contributed by atoms with Crippen LogP contribution in [0.3, 0.4) is 0 Å². The molecular weight excluding hydrogens is 591 g/mol. The van der Waals surface area contributed by atoms with E-state index >= 15 is 0 Å². The zero-order chi connectivity index (χ0) is 33.5. The fraction of sp³-hybridized carbons (Fsp3) is 0.282. The lowest BCUT2D eigenvalue weighted by molar-refractivity contribution is -0.139. The second kappa shape index (κ2) is 14.8. The number of carboxylic acids is 1. The first-order chi connectivity index (χ1) is 21.8. The maximum absolute atomic E-state index is 11.2. The largest absolute Gasteiger partial charge is 0.480 e. The van der Waals surface area contributed by atoms with Crippen LogP contribution in [0.5, 0.6) is 0 Å². The number of carboxylic acid groups (broad SMARTS) is 1. The Morgan fingerprint density at radius 3 is 1.65 bits per heavy atom. The van der Waals surface area contributed by atoms with E-state index in [1.54, 1.807) is 18.4 Å². The monoisotopic (exact) mass is 633 g/mol. The number of carbonyl (C=O) groups excluding carboxylic acids is 1. The fourth-order valence-electron chi connectivity index (χ4n) is 4.80. The molecule has 3 aromatic carbocycles. The van der Waals surface area contributed by atoms with Crippen LogP contribution in [0.1, 0.15) is 67.2 Å². The Labute approximate surface area is 276 Å². The maximum Gasteiger partial charge on any atom is 0.321 e. The van der Waals surface area contributed by atoms with Crippen molar-refractivity contribution in [3.05, 3.63) is 118 Å². The van der Waals surface area contributed by atoms with Gasteiger partial charge in [0.25, 0.3) is 0 Å². The lowest BCUT2D eigenvalue weighted by Crippen LogP contribution is -2.35. The number of rotatable bonds is 8. The highest BCUT2D eigenvalue weighted by atomic mass is 32.1. The van der Waals surface area contributed by atoms with E-state index in [-0.39, 0.29) is 10.8 Å². The molecule has 0 bridgehead atoms.